The van der Waals surface area contributed by atoms with Crippen LogP contribution in [-0.4, -0.2) is 35.9 Å². The van der Waals surface area contributed by atoms with E-state index in [1.165, 1.54) is 6.07 Å². The zero-order valence-electron chi connectivity index (χ0n) is 17.6. The van der Waals surface area contributed by atoms with E-state index >= 15 is 0 Å². The molecule has 0 fully saturated rings. The van der Waals surface area contributed by atoms with E-state index in [1.807, 2.05) is 34.6 Å². The molecule has 1 aromatic heterocycles. The fourth-order valence-corrected chi connectivity index (χ4v) is 3.55. The summed E-state index contributed by atoms with van der Waals surface area (Å²) in [6, 6.07) is 2.84. The van der Waals surface area contributed by atoms with Crippen LogP contribution in [0.25, 0.3) is 11.0 Å². The second-order valence-electron chi connectivity index (χ2n) is 8.55. The fourth-order valence-electron chi connectivity index (χ4n) is 3.55. The second kappa shape index (κ2) is 8.06. The highest BCUT2D eigenvalue weighted by Gasteiger charge is 2.30. The topological polar surface area (TPSA) is 98.0 Å². The standard InChI is InChI=1S/C22H29NO6/c1-12(2)15(10-24)23-18(25)11-27-17-9-16-14(6-7-22(4,5)29-16)21-20(17)13(3)8-19(26)28-21/h8-9,12,15,24H,6-7,10-11H2,1-5H3,(H,23,25)/t15-/m1/s1. The van der Waals surface area contributed by atoms with Crippen molar-refractivity contribution < 1.29 is 23.8 Å². The summed E-state index contributed by atoms with van der Waals surface area (Å²) in [6.45, 7) is 9.29. The lowest BCUT2D eigenvalue weighted by atomic mass is 9.92. The lowest BCUT2D eigenvalue weighted by molar-refractivity contribution is -0.124. The molecule has 0 radical (unpaired) electrons. The molecule has 158 valence electrons. The average Bonchev–Trinajstić information content (AvgIpc) is 2.62. The van der Waals surface area contributed by atoms with Crippen LogP contribution in [0.5, 0.6) is 11.5 Å². The minimum atomic E-state index is -0.431. The van der Waals surface area contributed by atoms with Crippen molar-refractivity contribution in [3.63, 3.8) is 0 Å². The molecule has 0 saturated heterocycles. The van der Waals surface area contributed by atoms with E-state index in [2.05, 4.69) is 5.32 Å². The average molecular weight is 403 g/mol. The van der Waals surface area contributed by atoms with Crippen LogP contribution in [0, 0.1) is 12.8 Å². The van der Waals surface area contributed by atoms with E-state index in [4.69, 9.17) is 13.9 Å². The molecule has 0 unspecified atom stereocenters. The maximum atomic E-state index is 12.3. The number of nitrogens with one attached hydrogen (secondary N) is 1. The number of carbonyl (C=O) groups is 1. The summed E-state index contributed by atoms with van der Waals surface area (Å²) in [5.74, 6) is 0.798. The van der Waals surface area contributed by atoms with Crippen LogP contribution in [0.1, 0.15) is 45.2 Å². The second-order valence-corrected chi connectivity index (χ2v) is 8.55. The Kier molecular flexibility index (Phi) is 5.89. The SMILES string of the molecule is Cc1cc(=O)oc2c3c(cc(OCC(=O)N[C@H](CO)C(C)C)c12)OC(C)(C)CC3. The maximum Gasteiger partial charge on any atom is 0.336 e. The summed E-state index contributed by atoms with van der Waals surface area (Å²) >= 11 is 0. The van der Waals surface area contributed by atoms with Gasteiger partial charge in [0, 0.05) is 17.7 Å². The largest absolute Gasteiger partial charge is 0.487 e. The van der Waals surface area contributed by atoms with Crippen molar-refractivity contribution >= 4 is 16.9 Å². The number of ether oxygens (including phenoxy) is 2. The van der Waals surface area contributed by atoms with E-state index in [1.54, 1.807) is 6.07 Å². The van der Waals surface area contributed by atoms with Crippen LogP contribution in [0.2, 0.25) is 0 Å². The van der Waals surface area contributed by atoms with Gasteiger partial charge < -0.3 is 24.3 Å². The fraction of sp³-hybridized carbons (Fsp3) is 0.545. The molecule has 0 spiro atoms. The van der Waals surface area contributed by atoms with Gasteiger partial charge in [0.2, 0.25) is 0 Å². The molecule has 7 heteroatoms. The Morgan fingerprint density at radius 2 is 2.07 bits per heavy atom. The first-order chi connectivity index (χ1) is 13.6. The van der Waals surface area contributed by atoms with Crippen LogP contribution >= 0.6 is 0 Å². The molecule has 2 heterocycles. The molecule has 2 N–H and O–H groups in total. The van der Waals surface area contributed by atoms with E-state index in [-0.39, 0.29) is 36.7 Å². The molecule has 29 heavy (non-hydrogen) atoms. The van der Waals surface area contributed by atoms with Crippen molar-refractivity contribution in [3.05, 3.63) is 33.7 Å². The Hall–Kier alpha value is -2.54. The third-order valence-corrected chi connectivity index (χ3v) is 5.31. The van der Waals surface area contributed by atoms with Gasteiger partial charge in [-0.1, -0.05) is 13.8 Å². The number of hydrogen-bond acceptors (Lipinski definition) is 6. The number of aliphatic hydroxyl groups is 1. The number of hydrogen-bond donors (Lipinski definition) is 2. The van der Waals surface area contributed by atoms with Crippen LogP contribution in [-0.2, 0) is 11.2 Å². The number of aliphatic hydroxyl groups excluding tert-OH is 1. The number of amides is 1. The number of rotatable bonds is 6. The van der Waals surface area contributed by atoms with E-state index in [0.717, 1.165) is 24.0 Å². The molecule has 1 amide bonds. The predicted molar refractivity (Wildman–Crippen MR) is 110 cm³/mol. The van der Waals surface area contributed by atoms with Crippen LogP contribution in [0.3, 0.4) is 0 Å². The minimum Gasteiger partial charge on any atom is -0.487 e. The molecule has 1 aliphatic heterocycles. The Morgan fingerprint density at radius 3 is 2.72 bits per heavy atom. The predicted octanol–water partition coefficient (Wildman–Crippen LogP) is 2.72. The highest BCUT2D eigenvalue weighted by Crippen LogP contribution is 2.42. The normalized spacial score (nSPS) is 16.2. The van der Waals surface area contributed by atoms with Gasteiger partial charge >= 0.3 is 5.63 Å². The molecule has 1 aromatic carbocycles. The Labute approximate surface area is 170 Å². The number of aryl methyl sites for hydroxylation is 2. The number of benzene rings is 1. The van der Waals surface area contributed by atoms with Gasteiger partial charge in [-0.2, -0.15) is 0 Å². The molecular formula is C22H29NO6. The van der Waals surface area contributed by atoms with Gasteiger partial charge in [0.15, 0.2) is 6.61 Å². The summed E-state index contributed by atoms with van der Waals surface area (Å²) < 4.78 is 17.4. The van der Waals surface area contributed by atoms with Gasteiger partial charge in [0.05, 0.1) is 18.0 Å². The first-order valence-electron chi connectivity index (χ1n) is 9.93. The van der Waals surface area contributed by atoms with Gasteiger partial charge in [-0.25, -0.2) is 4.79 Å². The lowest BCUT2D eigenvalue weighted by Crippen LogP contribution is -2.43. The van der Waals surface area contributed by atoms with E-state index in [9.17, 15) is 14.7 Å². The van der Waals surface area contributed by atoms with Gasteiger partial charge in [-0.3, -0.25) is 4.79 Å². The third-order valence-electron chi connectivity index (χ3n) is 5.31. The van der Waals surface area contributed by atoms with Gasteiger partial charge in [-0.05, 0) is 45.1 Å². The Bertz CT molecular complexity index is 975. The molecule has 3 rings (SSSR count). The van der Waals surface area contributed by atoms with Gasteiger partial charge in [-0.15, -0.1) is 0 Å². The van der Waals surface area contributed by atoms with Gasteiger partial charge in [0.25, 0.3) is 5.91 Å². The third kappa shape index (κ3) is 4.56. The summed E-state index contributed by atoms with van der Waals surface area (Å²) in [5, 5.41) is 12.8. The molecule has 0 saturated carbocycles. The summed E-state index contributed by atoms with van der Waals surface area (Å²) in [6.07, 6.45) is 1.52. The summed E-state index contributed by atoms with van der Waals surface area (Å²) in [7, 11) is 0. The Balaban J connectivity index is 1.95. The van der Waals surface area contributed by atoms with E-state index < -0.39 is 5.63 Å². The molecular weight excluding hydrogens is 374 g/mol. The first kappa shape index (κ1) is 21.2. The molecule has 0 aliphatic carbocycles. The van der Waals surface area contributed by atoms with Crippen molar-refractivity contribution in [1.82, 2.24) is 5.32 Å². The lowest BCUT2D eigenvalue weighted by Gasteiger charge is -2.33. The Morgan fingerprint density at radius 1 is 1.34 bits per heavy atom. The molecule has 7 nitrogen and oxygen atoms in total. The van der Waals surface area contributed by atoms with Crippen LogP contribution in [0.4, 0.5) is 0 Å². The monoisotopic (exact) mass is 403 g/mol. The van der Waals surface area contributed by atoms with Crippen molar-refractivity contribution in [2.24, 2.45) is 5.92 Å². The van der Waals surface area contributed by atoms with E-state index in [0.29, 0.717) is 22.5 Å². The highest BCUT2D eigenvalue weighted by molar-refractivity contribution is 5.91. The first-order valence-corrected chi connectivity index (χ1v) is 9.93. The van der Waals surface area contributed by atoms with Crippen LogP contribution in [0.15, 0.2) is 21.3 Å². The van der Waals surface area contributed by atoms with Gasteiger partial charge in [0.1, 0.15) is 22.7 Å². The summed E-state index contributed by atoms with van der Waals surface area (Å²) in [5.41, 5.74) is 1.24. The maximum absolute atomic E-state index is 12.3. The molecule has 1 atom stereocenters. The molecule has 0 bridgehead atoms. The van der Waals surface area contributed by atoms with Crippen molar-refractivity contribution in [2.45, 2.75) is 59.1 Å². The summed E-state index contributed by atoms with van der Waals surface area (Å²) in [4.78, 5) is 24.3. The molecule has 2 aromatic rings. The minimum absolute atomic E-state index is 0.0978. The van der Waals surface area contributed by atoms with Crippen molar-refractivity contribution in [2.75, 3.05) is 13.2 Å². The van der Waals surface area contributed by atoms with Crippen LogP contribution < -0.4 is 20.4 Å². The quantitative estimate of drug-likeness (QED) is 0.720. The zero-order chi connectivity index (χ0) is 21.3. The number of carbonyl (C=O) groups excluding carboxylic acids is 1. The zero-order valence-corrected chi connectivity index (χ0v) is 17.6. The highest BCUT2D eigenvalue weighted by atomic mass is 16.5. The smallest absolute Gasteiger partial charge is 0.336 e. The number of fused-ring (bicyclic) bond motifs is 3. The van der Waals surface area contributed by atoms with Crippen molar-refractivity contribution in [3.8, 4) is 11.5 Å². The molecule has 1 aliphatic rings. The van der Waals surface area contributed by atoms with Crippen molar-refractivity contribution in [1.29, 1.82) is 0 Å².